The minimum atomic E-state index is 0.516. The van der Waals surface area contributed by atoms with Crippen LogP contribution in [-0.2, 0) is 4.74 Å². The highest BCUT2D eigenvalue weighted by molar-refractivity contribution is 4.90. The Hall–Kier alpha value is -0.120. The summed E-state index contributed by atoms with van der Waals surface area (Å²) in [4.78, 5) is 2.70. The smallest absolute Gasteiger partial charge is 0.0599 e. The first kappa shape index (κ1) is 16.3. The summed E-state index contributed by atoms with van der Waals surface area (Å²) in [6.45, 7) is 10.3. The zero-order valence-electron chi connectivity index (χ0n) is 13.8. The maximum Gasteiger partial charge on any atom is 0.0599 e. The molecule has 1 aliphatic carbocycles. The average Bonchev–Trinajstić information content (AvgIpc) is 2.41. The molecule has 2 atom stereocenters. The molecule has 2 rings (SSSR count). The lowest BCUT2D eigenvalue weighted by Crippen LogP contribution is -2.48. The second-order valence-electron chi connectivity index (χ2n) is 7.16. The summed E-state index contributed by atoms with van der Waals surface area (Å²) < 4.78 is 5.77. The van der Waals surface area contributed by atoms with Crippen LogP contribution in [0.15, 0.2) is 0 Å². The molecule has 0 radical (unpaired) electrons. The summed E-state index contributed by atoms with van der Waals surface area (Å²) in [5, 5.41) is 3.47. The number of ether oxygens (including phenoxy) is 1. The van der Waals surface area contributed by atoms with Gasteiger partial charge < -0.3 is 15.0 Å². The third-order valence-electron chi connectivity index (χ3n) is 5.23. The standard InChI is InChI=1S/C17H34N2O/c1-4-20-16-7-10-19(11-8-16)14-17(13-18-3)9-5-6-15(2)12-17/h15-16,18H,4-14H2,1-3H3. The Kier molecular flexibility index (Phi) is 6.31. The molecule has 0 bridgehead atoms. The van der Waals surface area contributed by atoms with Crippen molar-refractivity contribution in [3.05, 3.63) is 0 Å². The van der Waals surface area contributed by atoms with Crippen LogP contribution in [0.3, 0.4) is 0 Å². The van der Waals surface area contributed by atoms with E-state index in [2.05, 4.69) is 31.1 Å². The van der Waals surface area contributed by atoms with Crippen LogP contribution >= 0.6 is 0 Å². The van der Waals surface area contributed by atoms with Crippen molar-refractivity contribution in [1.29, 1.82) is 0 Å². The van der Waals surface area contributed by atoms with E-state index in [1.165, 1.54) is 64.7 Å². The van der Waals surface area contributed by atoms with E-state index in [0.717, 1.165) is 12.5 Å². The van der Waals surface area contributed by atoms with E-state index in [1.807, 2.05) is 0 Å². The topological polar surface area (TPSA) is 24.5 Å². The lowest BCUT2D eigenvalue weighted by molar-refractivity contribution is -0.00345. The number of nitrogens with zero attached hydrogens (tertiary/aromatic N) is 1. The van der Waals surface area contributed by atoms with Crippen molar-refractivity contribution >= 4 is 0 Å². The van der Waals surface area contributed by atoms with Gasteiger partial charge in [-0.15, -0.1) is 0 Å². The number of likely N-dealkylation sites (tertiary alicyclic amines) is 1. The molecule has 3 heteroatoms. The molecule has 1 N–H and O–H groups in total. The first-order valence-electron chi connectivity index (χ1n) is 8.66. The molecule has 3 nitrogen and oxygen atoms in total. The van der Waals surface area contributed by atoms with E-state index in [0.29, 0.717) is 11.5 Å². The zero-order valence-corrected chi connectivity index (χ0v) is 13.8. The van der Waals surface area contributed by atoms with Gasteiger partial charge in [-0.25, -0.2) is 0 Å². The monoisotopic (exact) mass is 282 g/mol. The van der Waals surface area contributed by atoms with Gasteiger partial charge in [-0.2, -0.15) is 0 Å². The normalized spacial score (nSPS) is 33.5. The quantitative estimate of drug-likeness (QED) is 0.811. The Balaban J connectivity index is 1.86. The number of nitrogens with one attached hydrogen (secondary N) is 1. The first-order chi connectivity index (χ1) is 9.67. The third kappa shape index (κ3) is 4.44. The van der Waals surface area contributed by atoms with E-state index in [4.69, 9.17) is 4.74 Å². The second kappa shape index (κ2) is 7.77. The fraction of sp³-hybridized carbons (Fsp3) is 1.00. The second-order valence-corrected chi connectivity index (χ2v) is 7.16. The third-order valence-corrected chi connectivity index (χ3v) is 5.23. The molecular weight excluding hydrogens is 248 g/mol. The summed E-state index contributed by atoms with van der Waals surface area (Å²) in [7, 11) is 2.11. The molecule has 2 fully saturated rings. The van der Waals surface area contributed by atoms with Crippen LogP contribution in [0.2, 0.25) is 0 Å². The van der Waals surface area contributed by atoms with Gasteiger partial charge in [0.25, 0.3) is 0 Å². The number of piperidine rings is 1. The van der Waals surface area contributed by atoms with Crippen LogP contribution in [0, 0.1) is 11.3 Å². The molecule has 20 heavy (non-hydrogen) atoms. The molecule has 2 aliphatic rings. The SMILES string of the molecule is CCOC1CCN(CC2(CNC)CCCC(C)C2)CC1. The highest BCUT2D eigenvalue weighted by Gasteiger charge is 2.36. The molecule has 0 aromatic rings. The number of hydrogen-bond donors (Lipinski definition) is 1. The highest BCUT2D eigenvalue weighted by Crippen LogP contribution is 2.40. The van der Waals surface area contributed by atoms with Crippen molar-refractivity contribution in [3.8, 4) is 0 Å². The first-order valence-corrected chi connectivity index (χ1v) is 8.66. The molecule has 1 aliphatic heterocycles. The van der Waals surface area contributed by atoms with E-state index in [1.54, 1.807) is 0 Å². The van der Waals surface area contributed by atoms with Crippen LogP contribution < -0.4 is 5.32 Å². The fourth-order valence-corrected chi connectivity index (χ4v) is 4.45. The van der Waals surface area contributed by atoms with Crippen LogP contribution in [-0.4, -0.2) is 50.8 Å². The van der Waals surface area contributed by atoms with E-state index >= 15 is 0 Å². The Morgan fingerprint density at radius 2 is 2.00 bits per heavy atom. The summed E-state index contributed by atoms with van der Waals surface area (Å²) in [5.74, 6) is 0.901. The van der Waals surface area contributed by atoms with Crippen molar-refractivity contribution in [3.63, 3.8) is 0 Å². The van der Waals surface area contributed by atoms with Crippen LogP contribution in [0.1, 0.15) is 52.4 Å². The Labute approximate surface area is 125 Å². The Morgan fingerprint density at radius 3 is 2.60 bits per heavy atom. The van der Waals surface area contributed by atoms with Gasteiger partial charge in [0.15, 0.2) is 0 Å². The van der Waals surface area contributed by atoms with E-state index < -0.39 is 0 Å². The van der Waals surface area contributed by atoms with Crippen molar-refractivity contribution in [2.24, 2.45) is 11.3 Å². The Morgan fingerprint density at radius 1 is 1.25 bits per heavy atom. The Bertz CT molecular complexity index is 272. The number of hydrogen-bond acceptors (Lipinski definition) is 3. The van der Waals surface area contributed by atoms with Crippen LogP contribution in [0.4, 0.5) is 0 Å². The molecule has 2 unspecified atom stereocenters. The largest absolute Gasteiger partial charge is 0.378 e. The van der Waals surface area contributed by atoms with Gasteiger partial charge in [0.1, 0.15) is 0 Å². The molecule has 118 valence electrons. The van der Waals surface area contributed by atoms with Crippen molar-refractivity contribution in [1.82, 2.24) is 10.2 Å². The molecule has 1 saturated heterocycles. The zero-order chi connectivity index (χ0) is 14.4. The molecular formula is C17H34N2O. The molecule has 0 aromatic heterocycles. The van der Waals surface area contributed by atoms with Crippen molar-refractivity contribution in [2.45, 2.75) is 58.5 Å². The lowest BCUT2D eigenvalue weighted by atomic mass is 9.69. The van der Waals surface area contributed by atoms with Gasteiger partial charge in [0, 0.05) is 32.8 Å². The van der Waals surface area contributed by atoms with Gasteiger partial charge in [-0.05, 0) is 51.0 Å². The highest BCUT2D eigenvalue weighted by atomic mass is 16.5. The molecule has 0 aromatic carbocycles. The summed E-state index contributed by atoms with van der Waals surface area (Å²) in [5.41, 5.74) is 0.519. The van der Waals surface area contributed by atoms with Gasteiger partial charge in [-0.3, -0.25) is 0 Å². The summed E-state index contributed by atoms with van der Waals surface area (Å²) >= 11 is 0. The van der Waals surface area contributed by atoms with Crippen molar-refractivity contribution < 1.29 is 4.74 Å². The summed E-state index contributed by atoms with van der Waals surface area (Å²) in [6, 6.07) is 0. The van der Waals surface area contributed by atoms with Crippen LogP contribution in [0.5, 0.6) is 0 Å². The average molecular weight is 282 g/mol. The van der Waals surface area contributed by atoms with Crippen LogP contribution in [0.25, 0.3) is 0 Å². The summed E-state index contributed by atoms with van der Waals surface area (Å²) in [6.07, 6.45) is 8.61. The predicted molar refractivity (Wildman–Crippen MR) is 85.1 cm³/mol. The minimum Gasteiger partial charge on any atom is -0.378 e. The van der Waals surface area contributed by atoms with Gasteiger partial charge in [-0.1, -0.05) is 19.8 Å². The van der Waals surface area contributed by atoms with Gasteiger partial charge in [0.2, 0.25) is 0 Å². The maximum atomic E-state index is 5.77. The van der Waals surface area contributed by atoms with E-state index in [-0.39, 0.29) is 0 Å². The fourth-order valence-electron chi connectivity index (χ4n) is 4.45. The molecule has 1 heterocycles. The van der Waals surface area contributed by atoms with Gasteiger partial charge >= 0.3 is 0 Å². The maximum absolute atomic E-state index is 5.77. The lowest BCUT2D eigenvalue weighted by Gasteiger charge is -2.45. The predicted octanol–water partition coefficient (Wildman–Crippen LogP) is 2.90. The molecule has 0 spiro atoms. The minimum absolute atomic E-state index is 0.516. The molecule has 1 saturated carbocycles. The molecule has 0 amide bonds. The number of rotatable bonds is 6. The van der Waals surface area contributed by atoms with E-state index in [9.17, 15) is 0 Å². The van der Waals surface area contributed by atoms with Gasteiger partial charge in [0.05, 0.1) is 6.10 Å². The van der Waals surface area contributed by atoms with Crippen molar-refractivity contribution in [2.75, 3.05) is 39.8 Å².